The standard InChI is InChI=1S/C19H24N4O3/c1-11-6-12-8-20-22-17(12)15(7-11)19(26)23-9-13(10-23)21-18(25)14-4-2-3-5-16(14)24/h6-8,13-14,16,24H,2-5,9-10H2,1H3,(H,20,22)(H,21,25). The van der Waals surface area contributed by atoms with E-state index in [0.29, 0.717) is 25.1 Å². The summed E-state index contributed by atoms with van der Waals surface area (Å²) in [6, 6.07) is 3.82. The van der Waals surface area contributed by atoms with E-state index in [1.165, 1.54) is 0 Å². The van der Waals surface area contributed by atoms with E-state index >= 15 is 0 Å². The number of fused-ring (bicyclic) bond motifs is 1. The molecule has 2 atom stereocenters. The molecule has 4 rings (SSSR count). The average Bonchev–Trinajstić information content (AvgIpc) is 3.04. The van der Waals surface area contributed by atoms with E-state index in [0.717, 1.165) is 35.7 Å². The molecule has 3 N–H and O–H groups in total. The van der Waals surface area contributed by atoms with Crippen LogP contribution in [-0.2, 0) is 4.79 Å². The summed E-state index contributed by atoms with van der Waals surface area (Å²) in [4.78, 5) is 26.9. The second-order valence-corrected chi connectivity index (χ2v) is 7.52. The third-order valence-electron chi connectivity index (χ3n) is 5.50. The van der Waals surface area contributed by atoms with E-state index in [-0.39, 0.29) is 23.8 Å². The first kappa shape index (κ1) is 17.0. The fraction of sp³-hybridized carbons (Fsp3) is 0.526. The Bertz CT molecular complexity index is 840. The zero-order chi connectivity index (χ0) is 18.3. The highest BCUT2D eigenvalue weighted by molar-refractivity contribution is 6.06. The number of H-pyrrole nitrogens is 1. The third kappa shape index (κ3) is 3.07. The van der Waals surface area contributed by atoms with Crippen LogP contribution in [0.4, 0.5) is 0 Å². The van der Waals surface area contributed by atoms with Crippen LogP contribution in [0, 0.1) is 12.8 Å². The largest absolute Gasteiger partial charge is 0.392 e. The highest BCUT2D eigenvalue weighted by Gasteiger charge is 2.36. The monoisotopic (exact) mass is 356 g/mol. The number of amides is 2. The first-order valence-corrected chi connectivity index (χ1v) is 9.24. The van der Waals surface area contributed by atoms with Crippen molar-refractivity contribution in [3.63, 3.8) is 0 Å². The third-order valence-corrected chi connectivity index (χ3v) is 5.50. The highest BCUT2D eigenvalue weighted by Crippen LogP contribution is 2.26. The molecule has 0 bridgehead atoms. The van der Waals surface area contributed by atoms with Crippen LogP contribution in [0.15, 0.2) is 18.3 Å². The van der Waals surface area contributed by atoms with Crippen molar-refractivity contribution in [2.75, 3.05) is 13.1 Å². The number of aromatic nitrogens is 2. The van der Waals surface area contributed by atoms with Crippen LogP contribution >= 0.6 is 0 Å². The van der Waals surface area contributed by atoms with Crippen molar-refractivity contribution in [2.45, 2.75) is 44.8 Å². The molecular weight excluding hydrogens is 332 g/mol. The molecule has 2 unspecified atom stereocenters. The summed E-state index contributed by atoms with van der Waals surface area (Å²) in [6.45, 7) is 2.95. The lowest BCUT2D eigenvalue weighted by Gasteiger charge is -2.40. The molecule has 138 valence electrons. The topological polar surface area (TPSA) is 98.3 Å². The van der Waals surface area contributed by atoms with Crippen molar-refractivity contribution in [3.05, 3.63) is 29.5 Å². The lowest BCUT2D eigenvalue weighted by Crippen LogP contribution is -2.62. The van der Waals surface area contributed by atoms with Crippen molar-refractivity contribution in [2.24, 2.45) is 5.92 Å². The number of likely N-dealkylation sites (tertiary alicyclic amines) is 1. The smallest absolute Gasteiger partial charge is 0.256 e. The SMILES string of the molecule is Cc1cc(C(=O)N2CC(NC(=O)C3CCCCC3O)C2)c2[nH]ncc2c1. The summed E-state index contributed by atoms with van der Waals surface area (Å²) in [7, 11) is 0. The van der Waals surface area contributed by atoms with Gasteiger partial charge in [-0.15, -0.1) is 0 Å². The Labute approximate surface area is 151 Å². The second kappa shape index (κ2) is 6.72. The van der Waals surface area contributed by atoms with Gasteiger partial charge >= 0.3 is 0 Å². The molecule has 7 nitrogen and oxygen atoms in total. The van der Waals surface area contributed by atoms with Gasteiger partial charge in [-0.05, 0) is 37.5 Å². The summed E-state index contributed by atoms with van der Waals surface area (Å²) in [5.41, 5.74) is 2.38. The number of carbonyl (C=O) groups excluding carboxylic acids is 2. The first-order valence-electron chi connectivity index (χ1n) is 9.24. The maximum atomic E-state index is 12.8. The number of hydrogen-bond acceptors (Lipinski definition) is 4. The molecule has 2 amide bonds. The van der Waals surface area contributed by atoms with Crippen LogP contribution in [0.1, 0.15) is 41.6 Å². The molecule has 26 heavy (non-hydrogen) atoms. The number of aliphatic hydroxyl groups excluding tert-OH is 1. The van der Waals surface area contributed by atoms with Crippen LogP contribution in [0.25, 0.3) is 10.9 Å². The predicted molar refractivity (Wildman–Crippen MR) is 96.6 cm³/mol. The summed E-state index contributed by atoms with van der Waals surface area (Å²) in [5.74, 6) is -0.443. The molecule has 1 saturated carbocycles. The fourth-order valence-corrected chi connectivity index (χ4v) is 4.01. The molecule has 1 aliphatic heterocycles. The molecule has 0 radical (unpaired) electrons. The number of hydrogen-bond donors (Lipinski definition) is 3. The molecule has 0 spiro atoms. The van der Waals surface area contributed by atoms with Gasteiger partial charge < -0.3 is 15.3 Å². The van der Waals surface area contributed by atoms with Gasteiger partial charge in [0.1, 0.15) is 0 Å². The van der Waals surface area contributed by atoms with Gasteiger partial charge in [0.25, 0.3) is 5.91 Å². The number of rotatable bonds is 3. The van der Waals surface area contributed by atoms with E-state index in [2.05, 4.69) is 15.5 Å². The summed E-state index contributed by atoms with van der Waals surface area (Å²) in [6.07, 6.45) is 4.58. The zero-order valence-electron chi connectivity index (χ0n) is 14.9. The number of aliphatic hydroxyl groups is 1. The Balaban J connectivity index is 1.37. The predicted octanol–water partition coefficient (Wildman–Crippen LogP) is 1.36. The van der Waals surface area contributed by atoms with Gasteiger partial charge in [-0.3, -0.25) is 14.7 Å². The maximum Gasteiger partial charge on any atom is 0.256 e. The van der Waals surface area contributed by atoms with Gasteiger partial charge in [0, 0.05) is 18.5 Å². The fourth-order valence-electron chi connectivity index (χ4n) is 4.01. The molecule has 1 aliphatic carbocycles. The zero-order valence-corrected chi connectivity index (χ0v) is 14.9. The average molecular weight is 356 g/mol. The van der Waals surface area contributed by atoms with Crippen molar-refractivity contribution < 1.29 is 14.7 Å². The molecule has 1 aromatic heterocycles. The number of carbonyl (C=O) groups is 2. The molecular formula is C19H24N4O3. The van der Waals surface area contributed by atoms with E-state index < -0.39 is 6.10 Å². The van der Waals surface area contributed by atoms with Crippen molar-refractivity contribution >= 4 is 22.7 Å². The molecule has 2 fully saturated rings. The lowest BCUT2D eigenvalue weighted by molar-refractivity contribution is -0.131. The molecule has 2 aliphatic rings. The molecule has 7 heteroatoms. The maximum absolute atomic E-state index is 12.8. The highest BCUT2D eigenvalue weighted by atomic mass is 16.3. The Hall–Kier alpha value is -2.41. The first-order chi connectivity index (χ1) is 12.5. The summed E-state index contributed by atoms with van der Waals surface area (Å²) >= 11 is 0. The van der Waals surface area contributed by atoms with Gasteiger partial charge in [0.05, 0.1) is 35.3 Å². The minimum Gasteiger partial charge on any atom is -0.392 e. The molecule has 2 heterocycles. The van der Waals surface area contributed by atoms with E-state index in [4.69, 9.17) is 0 Å². The number of aryl methyl sites for hydroxylation is 1. The van der Waals surface area contributed by atoms with Crippen molar-refractivity contribution in [1.29, 1.82) is 0 Å². The Morgan fingerprint density at radius 1 is 1.27 bits per heavy atom. The van der Waals surface area contributed by atoms with Crippen molar-refractivity contribution in [3.8, 4) is 0 Å². The Morgan fingerprint density at radius 3 is 2.81 bits per heavy atom. The van der Waals surface area contributed by atoms with Gasteiger partial charge in [-0.1, -0.05) is 12.8 Å². The van der Waals surface area contributed by atoms with Gasteiger partial charge in [0.2, 0.25) is 5.91 Å². The van der Waals surface area contributed by atoms with Crippen molar-refractivity contribution in [1.82, 2.24) is 20.4 Å². The van der Waals surface area contributed by atoms with E-state index in [1.54, 1.807) is 11.1 Å². The second-order valence-electron chi connectivity index (χ2n) is 7.52. The number of aromatic amines is 1. The minimum atomic E-state index is -0.539. The summed E-state index contributed by atoms with van der Waals surface area (Å²) < 4.78 is 0. The van der Waals surface area contributed by atoms with Gasteiger partial charge in [-0.2, -0.15) is 5.10 Å². The Kier molecular flexibility index (Phi) is 4.40. The molecule has 1 saturated heterocycles. The number of nitrogens with one attached hydrogen (secondary N) is 2. The Morgan fingerprint density at radius 2 is 2.04 bits per heavy atom. The molecule has 2 aromatic rings. The number of nitrogens with zero attached hydrogens (tertiary/aromatic N) is 2. The quantitative estimate of drug-likeness (QED) is 0.773. The van der Waals surface area contributed by atoms with Crippen LogP contribution in [-0.4, -0.2) is 57.3 Å². The van der Waals surface area contributed by atoms with Crippen LogP contribution < -0.4 is 5.32 Å². The van der Waals surface area contributed by atoms with Crippen LogP contribution in [0.2, 0.25) is 0 Å². The van der Waals surface area contributed by atoms with Gasteiger partial charge in [0.15, 0.2) is 0 Å². The minimum absolute atomic E-state index is 0.0392. The normalized spacial score (nSPS) is 23.7. The summed E-state index contributed by atoms with van der Waals surface area (Å²) in [5, 5.41) is 20.8. The molecule has 1 aromatic carbocycles. The van der Waals surface area contributed by atoms with E-state index in [9.17, 15) is 14.7 Å². The lowest BCUT2D eigenvalue weighted by atomic mass is 9.85. The van der Waals surface area contributed by atoms with Crippen LogP contribution in [0.3, 0.4) is 0 Å². The van der Waals surface area contributed by atoms with Gasteiger partial charge in [-0.25, -0.2) is 0 Å². The number of benzene rings is 1. The van der Waals surface area contributed by atoms with Crippen LogP contribution in [0.5, 0.6) is 0 Å². The van der Waals surface area contributed by atoms with E-state index in [1.807, 2.05) is 19.1 Å².